The van der Waals surface area contributed by atoms with Crippen molar-refractivity contribution in [2.75, 3.05) is 10.6 Å². The smallest absolute Gasteiger partial charge is 0.255 e. The van der Waals surface area contributed by atoms with Crippen molar-refractivity contribution in [1.29, 1.82) is 0 Å². The van der Waals surface area contributed by atoms with E-state index in [2.05, 4.69) is 86.0 Å². The molecule has 200 valence electrons. The maximum absolute atomic E-state index is 13.9. The van der Waals surface area contributed by atoms with Gasteiger partial charge in [0.15, 0.2) is 0 Å². The third kappa shape index (κ3) is 5.78. The van der Waals surface area contributed by atoms with Gasteiger partial charge in [0, 0.05) is 17.1 Å². The maximum Gasteiger partial charge on any atom is 0.255 e. The Labute approximate surface area is 234 Å². The number of hydrogen-bond acceptors (Lipinski definition) is 5. The molecule has 1 aromatic heterocycles. The lowest BCUT2D eigenvalue weighted by atomic mass is 9.92. The number of fused-ring (bicyclic) bond motifs is 1. The maximum atomic E-state index is 13.9. The standard InChI is InChI=1S/C32H35N5OS/c1-19(2)25-11-13-26(14-12-25)29-28(30(38)34-27-15-10-21(4)16-22(27)5)23(6)33-31-35-32(36-37(29)31)39-18-24-9-7-8-20(3)17-24/h7-17,19,29H,18H2,1-6H3,(H,34,38)(H,33,35,36)/t29-/m1/s1. The van der Waals surface area contributed by atoms with Crippen LogP contribution in [0.1, 0.15) is 66.1 Å². The Hall–Kier alpha value is -3.84. The molecule has 1 aliphatic rings. The van der Waals surface area contributed by atoms with Gasteiger partial charge < -0.3 is 10.6 Å². The number of aryl methyl sites for hydroxylation is 3. The Bertz CT molecular complexity index is 1550. The van der Waals surface area contributed by atoms with Crippen molar-refractivity contribution in [2.24, 2.45) is 0 Å². The molecular formula is C32H35N5OS. The van der Waals surface area contributed by atoms with Gasteiger partial charge in [-0.05, 0) is 61.9 Å². The first kappa shape index (κ1) is 26.8. The van der Waals surface area contributed by atoms with E-state index in [-0.39, 0.29) is 5.91 Å². The number of rotatable bonds is 7. The minimum Gasteiger partial charge on any atom is -0.328 e. The summed E-state index contributed by atoms with van der Waals surface area (Å²) in [6.07, 6.45) is 0. The van der Waals surface area contributed by atoms with Gasteiger partial charge in [-0.15, -0.1) is 5.10 Å². The Balaban J connectivity index is 1.50. The fourth-order valence-corrected chi connectivity index (χ4v) is 5.72. The molecule has 4 aromatic rings. The van der Waals surface area contributed by atoms with Crippen LogP contribution in [0.25, 0.3) is 0 Å². The highest BCUT2D eigenvalue weighted by atomic mass is 32.2. The average molecular weight is 538 g/mol. The van der Waals surface area contributed by atoms with Crippen LogP contribution in [-0.4, -0.2) is 20.7 Å². The van der Waals surface area contributed by atoms with E-state index in [4.69, 9.17) is 10.1 Å². The summed E-state index contributed by atoms with van der Waals surface area (Å²) in [5.41, 5.74) is 9.09. The highest BCUT2D eigenvalue weighted by Gasteiger charge is 2.34. The molecule has 1 amide bonds. The van der Waals surface area contributed by atoms with Crippen molar-refractivity contribution < 1.29 is 4.79 Å². The first-order valence-electron chi connectivity index (χ1n) is 13.3. The van der Waals surface area contributed by atoms with E-state index in [1.165, 1.54) is 16.7 Å². The number of thioether (sulfide) groups is 1. The molecule has 0 aliphatic carbocycles. The Morgan fingerprint density at radius 3 is 2.44 bits per heavy atom. The predicted molar refractivity (Wildman–Crippen MR) is 160 cm³/mol. The molecule has 1 atom stereocenters. The van der Waals surface area contributed by atoms with Crippen molar-refractivity contribution in [3.05, 3.63) is 111 Å². The number of allylic oxidation sites excluding steroid dienone is 1. The van der Waals surface area contributed by atoms with Gasteiger partial charge in [0.25, 0.3) is 5.91 Å². The third-order valence-corrected chi connectivity index (χ3v) is 7.99. The van der Waals surface area contributed by atoms with Crippen molar-refractivity contribution in [3.8, 4) is 0 Å². The minimum atomic E-state index is -0.408. The Morgan fingerprint density at radius 2 is 1.74 bits per heavy atom. The van der Waals surface area contributed by atoms with Gasteiger partial charge in [0.2, 0.25) is 11.1 Å². The summed E-state index contributed by atoms with van der Waals surface area (Å²) in [4.78, 5) is 18.7. The fourth-order valence-electron chi connectivity index (χ4n) is 4.95. The number of hydrogen-bond donors (Lipinski definition) is 2. The molecule has 0 radical (unpaired) electrons. The second-order valence-electron chi connectivity index (χ2n) is 10.6. The topological polar surface area (TPSA) is 71.8 Å². The summed E-state index contributed by atoms with van der Waals surface area (Å²) in [7, 11) is 0. The third-order valence-electron chi connectivity index (χ3n) is 7.08. The molecule has 0 unspecified atom stereocenters. The van der Waals surface area contributed by atoms with Gasteiger partial charge in [0.1, 0.15) is 6.04 Å². The van der Waals surface area contributed by atoms with Gasteiger partial charge in [-0.1, -0.05) is 97.4 Å². The number of benzene rings is 3. The molecule has 5 rings (SSSR count). The van der Waals surface area contributed by atoms with Crippen LogP contribution in [0.5, 0.6) is 0 Å². The van der Waals surface area contributed by atoms with E-state index >= 15 is 0 Å². The molecule has 2 N–H and O–H groups in total. The Kier molecular flexibility index (Phi) is 7.62. The number of nitrogens with zero attached hydrogens (tertiary/aromatic N) is 3. The number of nitrogens with one attached hydrogen (secondary N) is 2. The highest BCUT2D eigenvalue weighted by Crippen LogP contribution is 2.37. The lowest BCUT2D eigenvalue weighted by molar-refractivity contribution is -0.113. The predicted octanol–water partition coefficient (Wildman–Crippen LogP) is 7.55. The summed E-state index contributed by atoms with van der Waals surface area (Å²) in [5, 5.41) is 12.1. The van der Waals surface area contributed by atoms with Crippen LogP contribution >= 0.6 is 11.8 Å². The van der Waals surface area contributed by atoms with E-state index < -0.39 is 6.04 Å². The first-order chi connectivity index (χ1) is 18.7. The highest BCUT2D eigenvalue weighted by molar-refractivity contribution is 7.98. The molecule has 0 bridgehead atoms. The minimum absolute atomic E-state index is 0.153. The molecule has 6 nitrogen and oxygen atoms in total. The van der Waals surface area contributed by atoms with Gasteiger partial charge in [-0.25, -0.2) is 4.68 Å². The summed E-state index contributed by atoms with van der Waals surface area (Å²) in [6, 6.07) is 22.6. The zero-order chi connectivity index (χ0) is 27.7. The Morgan fingerprint density at radius 1 is 1.00 bits per heavy atom. The molecule has 1 aliphatic heterocycles. The number of aromatic nitrogens is 3. The van der Waals surface area contributed by atoms with Crippen molar-refractivity contribution in [3.63, 3.8) is 0 Å². The molecule has 2 heterocycles. The summed E-state index contributed by atoms with van der Waals surface area (Å²) < 4.78 is 1.85. The summed E-state index contributed by atoms with van der Waals surface area (Å²) in [6.45, 7) is 12.5. The number of carbonyl (C=O) groups excluding carboxylic acids is 1. The SMILES string of the molecule is CC1=C(C(=O)Nc2ccc(C)cc2C)[C@@H](c2ccc(C(C)C)cc2)n2nc(SCc3cccc(C)c3)nc2N1. The van der Waals surface area contributed by atoms with Gasteiger partial charge >= 0.3 is 0 Å². The second-order valence-corrected chi connectivity index (χ2v) is 11.5. The van der Waals surface area contributed by atoms with Crippen molar-refractivity contribution in [1.82, 2.24) is 14.8 Å². The van der Waals surface area contributed by atoms with Crippen LogP contribution in [-0.2, 0) is 10.5 Å². The normalized spacial score (nSPS) is 14.8. The first-order valence-corrected chi connectivity index (χ1v) is 14.3. The number of amides is 1. The molecule has 0 spiro atoms. The van der Waals surface area contributed by atoms with Gasteiger partial charge in [-0.2, -0.15) is 4.98 Å². The number of anilines is 2. The molecule has 0 saturated heterocycles. The van der Waals surface area contributed by atoms with Crippen LogP contribution in [0.2, 0.25) is 0 Å². The average Bonchev–Trinajstić information content (AvgIpc) is 3.30. The molecule has 0 fully saturated rings. The lowest BCUT2D eigenvalue weighted by Gasteiger charge is -2.29. The quantitative estimate of drug-likeness (QED) is 0.238. The zero-order valence-corrected chi connectivity index (χ0v) is 24.2. The number of carbonyl (C=O) groups is 1. The molecule has 7 heteroatoms. The van der Waals surface area contributed by atoms with Crippen LogP contribution < -0.4 is 10.6 Å². The zero-order valence-electron chi connectivity index (χ0n) is 23.4. The van der Waals surface area contributed by atoms with Crippen molar-refractivity contribution >= 4 is 29.3 Å². The molecular weight excluding hydrogens is 502 g/mol. The summed E-state index contributed by atoms with van der Waals surface area (Å²) in [5.74, 6) is 1.68. The monoisotopic (exact) mass is 537 g/mol. The van der Waals surface area contributed by atoms with Gasteiger partial charge in [-0.3, -0.25) is 4.79 Å². The summed E-state index contributed by atoms with van der Waals surface area (Å²) >= 11 is 1.59. The fraction of sp³-hybridized carbons (Fsp3) is 0.281. The van der Waals surface area contributed by atoms with E-state index in [1.807, 2.05) is 37.6 Å². The van der Waals surface area contributed by atoms with E-state index in [0.717, 1.165) is 33.8 Å². The van der Waals surface area contributed by atoms with E-state index in [1.54, 1.807) is 11.8 Å². The van der Waals surface area contributed by atoms with E-state index in [9.17, 15) is 4.79 Å². The van der Waals surface area contributed by atoms with Gasteiger partial charge in [0.05, 0.1) is 5.57 Å². The van der Waals surface area contributed by atoms with Crippen LogP contribution in [0.3, 0.4) is 0 Å². The van der Waals surface area contributed by atoms with Crippen molar-refractivity contribution in [2.45, 2.75) is 64.4 Å². The van der Waals surface area contributed by atoms with Crippen LogP contribution in [0, 0.1) is 20.8 Å². The molecule has 0 saturated carbocycles. The second kappa shape index (κ2) is 11.1. The van der Waals surface area contributed by atoms with Crippen LogP contribution in [0.15, 0.2) is 83.2 Å². The largest absolute Gasteiger partial charge is 0.328 e. The molecule has 3 aromatic carbocycles. The lowest BCUT2D eigenvalue weighted by Crippen LogP contribution is -2.31. The molecule has 39 heavy (non-hydrogen) atoms. The van der Waals surface area contributed by atoms with Crippen LogP contribution in [0.4, 0.5) is 11.6 Å². The van der Waals surface area contributed by atoms with E-state index in [0.29, 0.717) is 22.6 Å².